The highest BCUT2D eigenvalue weighted by Gasteiger charge is 2.12. The molecule has 0 aliphatic rings. The van der Waals surface area contributed by atoms with Crippen LogP contribution in [0, 0.1) is 5.82 Å². The van der Waals surface area contributed by atoms with Crippen LogP contribution in [0.4, 0.5) is 4.39 Å². The molecule has 0 spiro atoms. The maximum Gasteiger partial charge on any atom is 0.261 e. The van der Waals surface area contributed by atoms with Gasteiger partial charge in [0.25, 0.3) is 5.56 Å². The number of hydrogen-bond acceptors (Lipinski definition) is 1. The minimum Gasteiger partial charge on any atom is -0.318 e. The number of rotatable bonds is 1. The molecule has 0 saturated heterocycles. The summed E-state index contributed by atoms with van der Waals surface area (Å²) >= 11 is 0. The first-order valence-corrected chi connectivity index (χ1v) is 5.30. The molecule has 2 aromatic rings. The summed E-state index contributed by atoms with van der Waals surface area (Å²) in [6, 6.07) is 4.77. The number of aryl methyl sites for hydroxylation is 1. The van der Waals surface area contributed by atoms with E-state index in [4.69, 9.17) is 0 Å². The lowest BCUT2D eigenvalue weighted by Gasteiger charge is -2.12. The van der Waals surface area contributed by atoms with Crippen LogP contribution in [-0.4, -0.2) is 4.57 Å². The summed E-state index contributed by atoms with van der Waals surface area (Å²) in [5.41, 5.74) is 0.717. The highest BCUT2D eigenvalue weighted by Crippen LogP contribution is 2.24. The zero-order valence-corrected chi connectivity index (χ0v) is 9.62. The van der Waals surface area contributed by atoms with Crippen LogP contribution in [0.2, 0.25) is 0 Å². The van der Waals surface area contributed by atoms with Gasteiger partial charge in [0.15, 0.2) is 0 Å². The van der Waals surface area contributed by atoms with E-state index in [0.29, 0.717) is 0 Å². The van der Waals surface area contributed by atoms with Gasteiger partial charge >= 0.3 is 0 Å². The van der Waals surface area contributed by atoms with E-state index >= 15 is 0 Å². The van der Waals surface area contributed by atoms with Crippen molar-refractivity contribution in [1.29, 1.82) is 0 Å². The minimum absolute atomic E-state index is 0.191. The fourth-order valence-electron chi connectivity index (χ4n) is 1.96. The highest BCUT2D eigenvalue weighted by molar-refractivity contribution is 5.85. The second-order valence-corrected chi connectivity index (χ2v) is 4.32. The summed E-state index contributed by atoms with van der Waals surface area (Å²) in [4.78, 5) is 11.8. The summed E-state index contributed by atoms with van der Waals surface area (Å²) in [5.74, 6) is -0.184. The first kappa shape index (κ1) is 10.9. The Morgan fingerprint density at radius 3 is 2.62 bits per heavy atom. The molecule has 1 aromatic heterocycles. The van der Waals surface area contributed by atoms with Crippen molar-refractivity contribution in [3.05, 3.63) is 46.1 Å². The Morgan fingerprint density at radius 2 is 2.00 bits per heavy atom. The zero-order chi connectivity index (χ0) is 11.9. The molecular weight excluding hydrogens is 205 g/mol. The van der Waals surface area contributed by atoms with Crippen molar-refractivity contribution in [2.75, 3.05) is 0 Å². The van der Waals surface area contributed by atoms with Crippen LogP contribution in [0.1, 0.15) is 25.3 Å². The summed E-state index contributed by atoms with van der Waals surface area (Å²) in [6.45, 7) is 4.06. The Kier molecular flexibility index (Phi) is 2.54. The Hall–Kier alpha value is -1.64. The van der Waals surface area contributed by atoms with Crippen molar-refractivity contribution in [3.63, 3.8) is 0 Å². The Morgan fingerprint density at radius 1 is 1.31 bits per heavy atom. The minimum atomic E-state index is -0.444. The lowest BCUT2D eigenvalue weighted by molar-refractivity contribution is 0.636. The molecule has 0 radical (unpaired) electrons. The zero-order valence-electron chi connectivity index (χ0n) is 9.62. The fourth-order valence-corrected chi connectivity index (χ4v) is 1.96. The lowest BCUT2D eigenvalue weighted by atomic mass is 9.98. The van der Waals surface area contributed by atoms with Crippen LogP contribution >= 0.6 is 0 Å². The van der Waals surface area contributed by atoms with E-state index in [1.54, 1.807) is 25.4 Å². The summed E-state index contributed by atoms with van der Waals surface area (Å²) in [5, 5.41) is 0.911. The smallest absolute Gasteiger partial charge is 0.261 e. The number of benzene rings is 1. The van der Waals surface area contributed by atoms with Gasteiger partial charge in [-0.05, 0) is 22.9 Å². The highest BCUT2D eigenvalue weighted by atomic mass is 19.1. The molecular formula is C13H14FNO. The summed E-state index contributed by atoms with van der Waals surface area (Å²) in [6.07, 6.45) is 1.79. The van der Waals surface area contributed by atoms with E-state index in [0.717, 1.165) is 10.9 Å². The standard InChI is InChI=1S/C13H14FNO/c1-8(2)10-7-15(3)13(16)12-9(10)5-4-6-11(12)14/h4-8H,1-3H3. The van der Waals surface area contributed by atoms with Gasteiger partial charge in [-0.25, -0.2) is 4.39 Å². The number of nitrogens with zero attached hydrogens (tertiary/aromatic N) is 1. The number of pyridine rings is 1. The normalized spacial score (nSPS) is 11.3. The molecule has 0 saturated carbocycles. The molecule has 0 bridgehead atoms. The van der Waals surface area contributed by atoms with Crippen molar-refractivity contribution in [3.8, 4) is 0 Å². The monoisotopic (exact) mass is 219 g/mol. The maximum atomic E-state index is 13.7. The number of halogens is 1. The molecule has 0 N–H and O–H groups in total. The van der Waals surface area contributed by atoms with Crippen LogP contribution in [0.25, 0.3) is 10.8 Å². The third kappa shape index (κ3) is 1.52. The van der Waals surface area contributed by atoms with Gasteiger partial charge in [0, 0.05) is 13.2 Å². The lowest BCUT2D eigenvalue weighted by Crippen LogP contribution is -2.18. The first-order valence-electron chi connectivity index (χ1n) is 5.30. The van der Waals surface area contributed by atoms with Crippen LogP contribution in [0.15, 0.2) is 29.2 Å². The van der Waals surface area contributed by atoms with Gasteiger partial charge in [0.05, 0.1) is 5.39 Å². The topological polar surface area (TPSA) is 22.0 Å². The van der Waals surface area contributed by atoms with Gasteiger partial charge in [0.2, 0.25) is 0 Å². The molecule has 0 atom stereocenters. The molecule has 3 heteroatoms. The molecule has 2 nitrogen and oxygen atoms in total. The van der Waals surface area contributed by atoms with Gasteiger partial charge in [-0.15, -0.1) is 0 Å². The van der Waals surface area contributed by atoms with Crippen LogP contribution < -0.4 is 5.56 Å². The van der Waals surface area contributed by atoms with Crippen LogP contribution in [0.3, 0.4) is 0 Å². The third-order valence-corrected chi connectivity index (χ3v) is 2.81. The number of aromatic nitrogens is 1. The van der Waals surface area contributed by atoms with E-state index in [1.165, 1.54) is 10.6 Å². The van der Waals surface area contributed by atoms with Gasteiger partial charge in [-0.2, -0.15) is 0 Å². The van der Waals surface area contributed by atoms with Gasteiger partial charge in [0.1, 0.15) is 5.82 Å². The summed E-state index contributed by atoms with van der Waals surface area (Å²) in [7, 11) is 1.65. The first-order chi connectivity index (χ1) is 7.52. The largest absolute Gasteiger partial charge is 0.318 e. The van der Waals surface area contributed by atoms with Crippen molar-refractivity contribution < 1.29 is 4.39 Å². The van der Waals surface area contributed by atoms with Gasteiger partial charge < -0.3 is 4.57 Å². The summed E-state index contributed by atoms with van der Waals surface area (Å²) < 4.78 is 15.1. The average Bonchev–Trinajstić information content (AvgIpc) is 2.22. The van der Waals surface area contributed by atoms with E-state index < -0.39 is 5.82 Å². The van der Waals surface area contributed by atoms with Crippen molar-refractivity contribution >= 4 is 10.8 Å². The molecule has 0 unspecified atom stereocenters. The van der Waals surface area contributed by atoms with Gasteiger partial charge in [-0.1, -0.05) is 26.0 Å². The maximum absolute atomic E-state index is 13.7. The molecule has 1 heterocycles. The molecule has 84 valence electrons. The van der Waals surface area contributed by atoms with Gasteiger partial charge in [-0.3, -0.25) is 4.79 Å². The Labute approximate surface area is 93.3 Å². The predicted octanol–water partition coefficient (Wildman–Crippen LogP) is 2.80. The average molecular weight is 219 g/mol. The quantitative estimate of drug-likeness (QED) is 0.722. The second-order valence-electron chi connectivity index (χ2n) is 4.32. The molecule has 2 rings (SSSR count). The molecule has 0 fully saturated rings. The number of fused-ring (bicyclic) bond motifs is 1. The van der Waals surface area contributed by atoms with Crippen molar-refractivity contribution in [2.24, 2.45) is 7.05 Å². The van der Waals surface area contributed by atoms with E-state index in [9.17, 15) is 9.18 Å². The fraction of sp³-hybridized carbons (Fsp3) is 0.308. The Balaban J connectivity index is 3.01. The van der Waals surface area contributed by atoms with Crippen molar-refractivity contribution in [2.45, 2.75) is 19.8 Å². The Bertz CT molecular complexity index is 599. The third-order valence-electron chi connectivity index (χ3n) is 2.81. The number of hydrogen-bond donors (Lipinski definition) is 0. The van der Waals surface area contributed by atoms with E-state index in [1.807, 2.05) is 13.8 Å². The van der Waals surface area contributed by atoms with Crippen LogP contribution in [-0.2, 0) is 7.05 Å². The van der Waals surface area contributed by atoms with Crippen molar-refractivity contribution in [1.82, 2.24) is 4.57 Å². The van der Waals surface area contributed by atoms with E-state index in [2.05, 4.69) is 0 Å². The van der Waals surface area contributed by atoms with Crippen LogP contribution in [0.5, 0.6) is 0 Å². The molecule has 0 amide bonds. The second kappa shape index (κ2) is 3.74. The van der Waals surface area contributed by atoms with E-state index in [-0.39, 0.29) is 16.9 Å². The molecule has 16 heavy (non-hydrogen) atoms. The molecule has 1 aromatic carbocycles. The molecule has 0 aliphatic heterocycles. The SMILES string of the molecule is CC(C)c1cn(C)c(=O)c2c(F)cccc12. The predicted molar refractivity (Wildman–Crippen MR) is 63.2 cm³/mol. The molecule has 0 aliphatic carbocycles.